The highest BCUT2D eigenvalue weighted by Gasteiger charge is 2.17. The monoisotopic (exact) mass is 291 g/mol. The SMILES string of the molecule is CN=C(NCC1CCCO1)N(C)Cc1ccccc1OC. The predicted octanol–water partition coefficient (Wildman–Crippen LogP) is 1.88. The Morgan fingerprint density at radius 2 is 2.29 bits per heavy atom. The molecule has 0 amide bonds. The molecule has 1 saturated heterocycles. The van der Waals surface area contributed by atoms with Gasteiger partial charge in [-0.2, -0.15) is 0 Å². The van der Waals surface area contributed by atoms with E-state index in [9.17, 15) is 0 Å². The molecule has 1 aliphatic heterocycles. The maximum atomic E-state index is 5.63. The van der Waals surface area contributed by atoms with Gasteiger partial charge in [0.25, 0.3) is 0 Å². The van der Waals surface area contributed by atoms with Gasteiger partial charge < -0.3 is 19.7 Å². The molecule has 1 aliphatic rings. The number of benzene rings is 1. The lowest BCUT2D eigenvalue weighted by atomic mass is 10.2. The summed E-state index contributed by atoms with van der Waals surface area (Å²) in [7, 11) is 5.52. The van der Waals surface area contributed by atoms with Crippen molar-refractivity contribution in [3.05, 3.63) is 29.8 Å². The zero-order chi connectivity index (χ0) is 15.1. The first kappa shape index (κ1) is 15.6. The number of aliphatic imine (C=N–C) groups is 1. The van der Waals surface area contributed by atoms with Gasteiger partial charge in [0.2, 0.25) is 0 Å². The van der Waals surface area contributed by atoms with Crippen molar-refractivity contribution < 1.29 is 9.47 Å². The molecule has 5 nitrogen and oxygen atoms in total. The molecule has 21 heavy (non-hydrogen) atoms. The molecule has 5 heteroatoms. The lowest BCUT2D eigenvalue weighted by molar-refractivity contribution is 0.113. The lowest BCUT2D eigenvalue weighted by Crippen LogP contribution is -2.41. The number of nitrogens with one attached hydrogen (secondary N) is 1. The van der Waals surface area contributed by atoms with Gasteiger partial charge in [0, 0.05) is 39.4 Å². The minimum Gasteiger partial charge on any atom is -0.496 e. The molecular formula is C16H25N3O2. The van der Waals surface area contributed by atoms with E-state index < -0.39 is 0 Å². The normalized spacial score (nSPS) is 18.6. The number of hydrogen-bond acceptors (Lipinski definition) is 3. The molecular weight excluding hydrogens is 266 g/mol. The molecule has 0 aromatic heterocycles. The molecule has 0 spiro atoms. The summed E-state index contributed by atoms with van der Waals surface area (Å²) in [5.41, 5.74) is 1.14. The van der Waals surface area contributed by atoms with Gasteiger partial charge in [-0.05, 0) is 18.9 Å². The largest absolute Gasteiger partial charge is 0.496 e. The predicted molar refractivity (Wildman–Crippen MR) is 84.8 cm³/mol. The van der Waals surface area contributed by atoms with E-state index in [1.54, 1.807) is 14.2 Å². The Balaban J connectivity index is 1.91. The summed E-state index contributed by atoms with van der Waals surface area (Å²) in [5, 5.41) is 3.38. The highest BCUT2D eigenvalue weighted by molar-refractivity contribution is 5.79. The van der Waals surface area contributed by atoms with Gasteiger partial charge in [0.15, 0.2) is 5.96 Å². The summed E-state index contributed by atoms with van der Waals surface area (Å²) in [5.74, 6) is 1.77. The number of guanidine groups is 1. The Morgan fingerprint density at radius 3 is 2.95 bits per heavy atom. The zero-order valence-corrected chi connectivity index (χ0v) is 13.1. The summed E-state index contributed by atoms with van der Waals surface area (Å²) in [6, 6.07) is 8.05. The van der Waals surface area contributed by atoms with Gasteiger partial charge in [0.05, 0.1) is 13.2 Å². The summed E-state index contributed by atoms with van der Waals surface area (Å²) in [6.07, 6.45) is 2.59. The molecule has 1 unspecified atom stereocenters. The Morgan fingerprint density at radius 1 is 1.48 bits per heavy atom. The second-order valence-corrected chi connectivity index (χ2v) is 5.23. The van der Waals surface area contributed by atoms with Crippen molar-refractivity contribution in [2.75, 3.05) is 34.4 Å². The van der Waals surface area contributed by atoms with Gasteiger partial charge in [-0.3, -0.25) is 4.99 Å². The summed E-state index contributed by atoms with van der Waals surface area (Å²) < 4.78 is 11.0. The topological polar surface area (TPSA) is 46.1 Å². The molecule has 1 aromatic carbocycles. The Bertz CT molecular complexity index is 470. The van der Waals surface area contributed by atoms with Gasteiger partial charge in [-0.25, -0.2) is 0 Å². The number of hydrogen-bond donors (Lipinski definition) is 1. The first-order valence-corrected chi connectivity index (χ1v) is 7.40. The number of nitrogens with zero attached hydrogens (tertiary/aromatic N) is 2. The lowest BCUT2D eigenvalue weighted by Gasteiger charge is -2.24. The van der Waals surface area contributed by atoms with Crippen LogP contribution in [0.5, 0.6) is 5.75 Å². The maximum Gasteiger partial charge on any atom is 0.193 e. The fraction of sp³-hybridized carbons (Fsp3) is 0.562. The van der Waals surface area contributed by atoms with Gasteiger partial charge in [-0.1, -0.05) is 18.2 Å². The van der Waals surface area contributed by atoms with Crippen LogP contribution in [0.2, 0.25) is 0 Å². The molecule has 1 atom stereocenters. The van der Waals surface area contributed by atoms with Gasteiger partial charge >= 0.3 is 0 Å². The molecule has 1 heterocycles. The van der Waals surface area contributed by atoms with Crippen LogP contribution >= 0.6 is 0 Å². The van der Waals surface area contributed by atoms with Crippen molar-refractivity contribution in [3.63, 3.8) is 0 Å². The van der Waals surface area contributed by atoms with Crippen LogP contribution in [0.4, 0.5) is 0 Å². The van der Waals surface area contributed by atoms with E-state index in [1.165, 1.54) is 0 Å². The number of rotatable bonds is 5. The molecule has 1 N–H and O–H groups in total. The third-order valence-electron chi connectivity index (χ3n) is 3.69. The maximum absolute atomic E-state index is 5.63. The fourth-order valence-electron chi connectivity index (χ4n) is 2.56. The molecule has 0 bridgehead atoms. The summed E-state index contributed by atoms with van der Waals surface area (Å²) in [6.45, 7) is 2.43. The molecule has 1 aromatic rings. The standard InChI is InChI=1S/C16H25N3O2/c1-17-16(18-11-14-8-6-10-21-14)19(2)12-13-7-4-5-9-15(13)20-3/h4-5,7,9,14H,6,8,10-12H2,1-3H3,(H,17,18). The van der Waals surface area contributed by atoms with Crippen LogP contribution in [-0.2, 0) is 11.3 Å². The first-order valence-electron chi connectivity index (χ1n) is 7.40. The molecule has 116 valence electrons. The van der Waals surface area contributed by atoms with Crippen LogP contribution in [0.3, 0.4) is 0 Å². The van der Waals surface area contributed by atoms with E-state index in [1.807, 2.05) is 25.2 Å². The second-order valence-electron chi connectivity index (χ2n) is 5.23. The zero-order valence-electron chi connectivity index (χ0n) is 13.1. The fourth-order valence-corrected chi connectivity index (χ4v) is 2.56. The van der Waals surface area contributed by atoms with E-state index in [2.05, 4.69) is 21.3 Å². The van der Waals surface area contributed by atoms with Gasteiger partial charge in [0.1, 0.15) is 5.75 Å². The van der Waals surface area contributed by atoms with Crippen LogP contribution in [0.25, 0.3) is 0 Å². The van der Waals surface area contributed by atoms with E-state index in [4.69, 9.17) is 9.47 Å². The van der Waals surface area contributed by atoms with E-state index in [-0.39, 0.29) is 0 Å². The summed E-state index contributed by atoms with van der Waals surface area (Å²) >= 11 is 0. The first-order chi connectivity index (χ1) is 10.2. The van der Waals surface area contributed by atoms with E-state index in [0.29, 0.717) is 6.10 Å². The van der Waals surface area contributed by atoms with Crippen molar-refractivity contribution >= 4 is 5.96 Å². The van der Waals surface area contributed by atoms with Crippen molar-refractivity contribution in [2.45, 2.75) is 25.5 Å². The molecule has 0 aliphatic carbocycles. The third kappa shape index (κ3) is 4.36. The Kier molecular flexibility index (Phi) is 5.87. The highest BCUT2D eigenvalue weighted by Crippen LogP contribution is 2.18. The second kappa shape index (κ2) is 7.88. The summed E-state index contributed by atoms with van der Waals surface area (Å²) in [4.78, 5) is 6.43. The quantitative estimate of drug-likeness (QED) is 0.664. The van der Waals surface area contributed by atoms with Crippen molar-refractivity contribution in [1.82, 2.24) is 10.2 Å². The van der Waals surface area contributed by atoms with Crippen LogP contribution in [-0.4, -0.2) is 51.3 Å². The number of para-hydroxylation sites is 1. The van der Waals surface area contributed by atoms with Crippen molar-refractivity contribution in [3.8, 4) is 5.75 Å². The third-order valence-corrected chi connectivity index (χ3v) is 3.69. The smallest absolute Gasteiger partial charge is 0.193 e. The van der Waals surface area contributed by atoms with Crippen LogP contribution in [0, 0.1) is 0 Å². The minimum absolute atomic E-state index is 0.307. The molecule has 0 radical (unpaired) electrons. The van der Waals surface area contributed by atoms with Gasteiger partial charge in [-0.15, -0.1) is 0 Å². The molecule has 1 fully saturated rings. The number of ether oxygens (including phenoxy) is 2. The average molecular weight is 291 g/mol. The van der Waals surface area contributed by atoms with Crippen LogP contribution in [0.15, 0.2) is 29.3 Å². The Hall–Kier alpha value is -1.75. The highest BCUT2D eigenvalue weighted by atomic mass is 16.5. The van der Waals surface area contributed by atoms with Crippen molar-refractivity contribution in [2.24, 2.45) is 4.99 Å². The molecule has 0 saturated carbocycles. The van der Waals surface area contributed by atoms with Crippen molar-refractivity contribution in [1.29, 1.82) is 0 Å². The Labute approximate surface area is 127 Å². The van der Waals surface area contributed by atoms with E-state index in [0.717, 1.165) is 49.8 Å². The number of methoxy groups -OCH3 is 1. The average Bonchev–Trinajstić information content (AvgIpc) is 3.02. The van der Waals surface area contributed by atoms with Crippen LogP contribution < -0.4 is 10.1 Å². The van der Waals surface area contributed by atoms with E-state index >= 15 is 0 Å². The minimum atomic E-state index is 0.307. The van der Waals surface area contributed by atoms with Crippen LogP contribution in [0.1, 0.15) is 18.4 Å². The molecule has 2 rings (SSSR count).